The molecule has 0 fully saturated rings. The molecule has 0 aliphatic rings. The third-order valence-corrected chi connectivity index (χ3v) is 4.84. The number of benzene rings is 1. The van der Waals surface area contributed by atoms with E-state index in [-0.39, 0.29) is 17.1 Å². The molecule has 0 radical (unpaired) electrons. The van der Waals surface area contributed by atoms with E-state index in [9.17, 15) is 32.9 Å². The van der Waals surface area contributed by atoms with E-state index in [0.717, 1.165) is 34.4 Å². The summed E-state index contributed by atoms with van der Waals surface area (Å²) in [6, 6.07) is 5.63. The number of halogens is 3. The Bertz CT molecular complexity index is 911. The second-order valence-corrected chi connectivity index (χ2v) is 6.98. The Labute approximate surface area is 161 Å². The number of carbonyl (C=O) groups is 2. The van der Waals surface area contributed by atoms with Crippen LogP contribution in [-0.4, -0.2) is 34.7 Å². The predicted octanol–water partition coefficient (Wildman–Crippen LogP) is 4.08. The molecule has 2 rings (SSSR count). The zero-order valence-corrected chi connectivity index (χ0v) is 15.7. The quantitative estimate of drug-likeness (QED) is 0.568. The first-order valence-corrected chi connectivity index (χ1v) is 8.86. The number of nitrogens with one attached hydrogen (secondary N) is 1. The second-order valence-electron chi connectivity index (χ2n) is 5.72. The number of rotatable bonds is 6. The van der Waals surface area contributed by atoms with Gasteiger partial charge >= 0.3 is 6.18 Å². The van der Waals surface area contributed by atoms with Gasteiger partial charge in [0.05, 0.1) is 25.9 Å². The first kappa shape index (κ1) is 21.4. The maximum absolute atomic E-state index is 13.0. The molecule has 7 nitrogen and oxygen atoms in total. The number of para-hydroxylation sites is 1. The lowest BCUT2D eigenvalue weighted by molar-refractivity contribution is -0.385. The third-order valence-electron chi connectivity index (χ3n) is 3.81. The van der Waals surface area contributed by atoms with Crippen LogP contribution >= 0.6 is 11.3 Å². The normalized spacial score (nSPS) is 11.2. The molecule has 1 aromatic carbocycles. The number of alkyl halides is 3. The summed E-state index contributed by atoms with van der Waals surface area (Å²) in [6.07, 6.45) is -4.64. The topological polar surface area (TPSA) is 92.6 Å². The van der Waals surface area contributed by atoms with Crippen LogP contribution in [0.25, 0.3) is 0 Å². The van der Waals surface area contributed by atoms with E-state index in [1.165, 1.54) is 19.1 Å². The molecule has 11 heteroatoms. The molecular formula is C17H16F3N3O4S. The van der Waals surface area contributed by atoms with Gasteiger partial charge in [0.25, 0.3) is 11.6 Å². The summed E-state index contributed by atoms with van der Waals surface area (Å²) in [6.45, 7) is 2.69. The van der Waals surface area contributed by atoms with Gasteiger partial charge < -0.3 is 10.2 Å². The number of carbonyl (C=O) groups excluding carboxylic acids is 2. The molecule has 1 aromatic heterocycles. The minimum Gasteiger partial charge on any atom is -0.329 e. The summed E-state index contributed by atoms with van der Waals surface area (Å²) in [5, 5.41) is 13.1. The van der Waals surface area contributed by atoms with Gasteiger partial charge in [-0.05, 0) is 26.0 Å². The molecular weight excluding hydrogens is 399 g/mol. The Balaban J connectivity index is 2.15. The van der Waals surface area contributed by atoms with Crippen LogP contribution in [0.2, 0.25) is 0 Å². The predicted molar refractivity (Wildman–Crippen MR) is 97.4 cm³/mol. The van der Waals surface area contributed by atoms with Crippen molar-refractivity contribution < 1.29 is 27.7 Å². The Kier molecular flexibility index (Phi) is 6.39. The molecule has 1 N–H and O–H groups in total. The highest BCUT2D eigenvalue weighted by molar-refractivity contribution is 7.14. The number of hydrogen-bond acceptors (Lipinski definition) is 5. The van der Waals surface area contributed by atoms with E-state index in [1.54, 1.807) is 6.92 Å². The molecule has 2 aromatic rings. The van der Waals surface area contributed by atoms with E-state index in [4.69, 9.17) is 0 Å². The first-order chi connectivity index (χ1) is 13.0. The van der Waals surface area contributed by atoms with Crippen molar-refractivity contribution in [2.75, 3.05) is 18.4 Å². The van der Waals surface area contributed by atoms with Gasteiger partial charge in [0, 0.05) is 12.6 Å². The zero-order valence-electron chi connectivity index (χ0n) is 14.9. The van der Waals surface area contributed by atoms with Gasteiger partial charge in [0.2, 0.25) is 5.91 Å². The molecule has 0 aliphatic heterocycles. The summed E-state index contributed by atoms with van der Waals surface area (Å²) in [5.74, 6) is -1.42. The van der Waals surface area contributed by atoms with Crippen molar-refractivity contribution in [2.24, 2.45) is 0 Å². The van der Waals surface area contributed by atoms with Crippen LogP contribution in [0.1, 0.15) is 27.0 Å². The van der Waals surface area contributed by atoms with Gasteiger partial charge in [-0.2, -0.15) is 13.2 Å². The lowest BCUT2D eigenvalue weighted by atomic mass is 10.1. The maximum Gasteiger partial charge on any atom is 0.418 e. The van der Waals surface area contributed by atoms with Gasteiger partial charge in [0.15, 0.2) is 0 Å². The highest BCUT2D eigenvalue weighted by Gasteiger charge is 2.33. The Hall–Kier alpha value is -2.95. The van der Waals surface area contributed by atoms with Crippen molar-refractivity contribution >= 4 is 34.5 Å². The summed E-state index contributed by atoms with van der Waals surface area (Å²) < 4.78 is 39.0. The third kappa shape index (κ3) is 4.85. The monoisotopic (exact) mass is 415 g/mol. The minimum atomic E-state index is -4.64. The number of aryl methyl sites for hydroxylation is 1. The van der Waals surface area contributed by atoms with Crippen molar-refractivity contribution in [1.29, 1.82) is 0 Å². The number of nitro groups is 1. The first-order valence-electron chi connectivity index (χ1n) is 8.04. The van der Waals surface area contributed by atoms with Crippen molar-refractivity contribution in [1.82, 2.24) is 4.90 Å². The number of anilines is 1. The Morgan fingerprint density at radius 2 is 1.93 bits per heavy atom. The van der Waals surface area contributed by atoms with Crippen molar-refractivity contribution in [3.05, 3.63) is 55.8 Å². The van der Waals surface area contributed by atoms with Crippen LogP contribution in [-0.2, 0) is 11.0 Å². The largest absolute Gasteiger partial charge is 0.418 e. The fraction of sp³-hybridized carbons (Fsp3) is 0.294. The SMILES string of the molecule is CCN(CC(=O)Nc1ccccc1C(F)(F)F)C(=O)c1cc([N+](=O)[O-])c(C)s1. The van der Waals surface area contributed by atoms with E-state index >= 15 is 0 Å². The van der Waals surface area contributed by atoms with E-state index in [1.807, 2.05) is 0 Å². The van der Waals surface area contributed by atoms with Gasteiger partial charge in [-0.1, -0.05) is 12.1 Å². The molecule has 0 aliphatic carbocycles. The fourth-order valence-corrected chi connectivity index (χ4v) is 3.40. The van der Waals surface area contributed by atoms with Crippen LogP contribution in [0.4, 0.5) is 24.5 Å². The highest BCUT2D eigenvalue weighted by atomic mass is 32.1. The molecule has 28 heavy (non-hydrogen) atoms. The van der Waals surface area contributed by atoms with Crippen LogP contribution in [0.15, 0.2) is 30.3 Å². The number of hydrogen-bond donors (Lipinski definition) is 1. The number of amides is 2. The van der Waals surface area contributed by atoms with Crippen molar-refractivity contribution in [3.63, 3.8) is 0 Å². The molecule has 0 atom stereocenters. The van der Waals surface area contributed by atoms with Crippen LogP contribution in [0, 0.1) is 17.0 Å². The second kappa shape index (κ2) is 8.38. The van der Waals surface area contributed by atoms with Crippen LogP contribution in [0.3, 0.4) is 0 Å². The molecule has 150 valence electrons. The minimum absolute atomic E-state index is 0.0783. The lowest BCUT2D eigenvalue weighted by Crippen LogP contribution is -2.37. The van der Waals surface area contributed by atoms with Crippen molar-refractivity contribution in [2.45, 2.75) is 20.0 Å². The van der Waals surface area contributed by atoms with Gasteiger partial charge in [0.1, 0.15) is 6.54 Å². The van der Waals surface area contributed by atoms with Gasteiger partial charge in [-0.25, -0.2) is 0 Å². The maximum atomic E-state index is 13.0. The summed E-state index contributed by atoms with van der Waals surface area (Å²) >= 11 is 0.918. The van der Waals surface area contributed by atoms with Gasteiger partial charge in [-0.3, -0.25) is 19.7 Å². The van der Waals surface area contributed by atoms with Crippen molar-refractivity contribution in [3.8, 4) is 0 Å². The molecule has 0 saturated heterocycles. The smallest absolute Gasteiger partial charge is 0.329 e. The van der Waals surface area contributed by atoms with Crippen LogP contribution in [0.5, 0.6) is 0 Å². The molecule has 0 bridgehead atoms. The molecule has 0 spiro atoms. The fourth-order valence-electron chi connectivity index (χ4n) is 2.44. The number of thiophene rings is 1. The van der Waals surface area contributed by atoms with Gasteiger partial charge in [-0.15, -0.1) is 11.3 Å². The Morgan fingerprint density at radius 1 is 1.29 bits per heavy atom. The standard InChI is InChI=1S/C17H16F3N3O4S/c1-3-22(16(25)14-8-13(23(26)27)10(2)28-14)9-15(24)21-12-7-5-4-6-11(12)17(18,19)20/h4-8H,3,9H2,1-2H3,(H,21,24). The molecule has 0 saturated carbocycles. The Morgan fingerprint density at radius 3 is 2.46 bits per heavy atom. The summed E-state index contributed by atoms with van der Waals surface area (Å²) in [5.41, 5.74) is -1.61. The summed E-state index contributed by atoms with van der Waals surface area (Å²) in [7, 11) is 0. The average molecular weight is 415 g/mol. The number of likely N-dealkylation sites (N-methyl/N-ethyl adjacent to an activating group) is 1. The lowest BCUT2D eigenvalue weighted by Gasteiger charge is -2.20. The molecule has 2 amide bonds. The molecule has 1 heterocycles. The van der Waals surface area contributed by atoms with E-state index < -0.39 is 40.7 Å². The highest BCUT2D eigenvalue weighted by Crippen LogP contribution is 2.34. The molecule has 0 unspecified atom stereocenters. The van der Waals surface area contributed by atoms with Crippen LogP contribution < -0.4 is 5.32 Å². The zero-order chi connectivity index (χ0) is 21.1. The number of nitrogens with zero attached hydrogens (tertiary/aromatic N) is 2. The van der Waals surface area contributed by atoms with E-state index in [0.29, 0.717) is 4.88 Å². The van der Waals surface area contributed by atoms with E-state index in [2.05, 4.69) is 5.32 Å². The average Bonchev–Trinajstić information content (AvgIpc) is 3.00. The summed E-state index contributed by atoms with van der Waals surface area (Å²) in [4.78, 5) is 36.6.